The summed E-state index contributed by atoms with van der Waals surface area (Å²) in [4.78, 5) is 34.7. The van der Waals surface area contributed by atoms with Crippen molar-refractivity contribution in [2.45, 2.75) is 43.5 Å². The van der Waals surface area contributed by atoms with Crippen LogP contribution in [0.2, 0.25) is 0 Å². The highest BCUT2D eigenvalue weighted by molar-refractivity contribution is 7.98. The molecule has 2 aliphatic rings. The van der Waals surface area contributed by atoms with E-state index in [-0.39, 0.29) is 16.8 Å². The summed E-state index contributed by atoms with van der Waals surface area (Å²) < 4.78 is 10.9. The van der Waals surface area contributed by atoms with E-state index in [0.717, 1.165) is 16.8 Å². The molecule has 36 heavy (non-hydrogen) atoms. The molecule has 0 fully saturated rings. The summed E-state index contributed by atoms with van der Waals surface area (Å²) in [6.07, 6.45) is 1.11. The third-order valence-corrected chi connectivity index (χ3v) is 7.60. The number of allylic oxidation sites excluding steroid dienone is 2. The topological polar surface area (TPSA) is 93.3 Å². The smallest absolute Gasteiger partial charge is 0.257 e. The van der Waals surface area contributed by atoms with Crippen molar-refractivity contribution in [1.29, 1.82) is 0 Å². The number of aromatic amines is 1. The van der Waals surface area contributed by atoms with E-state index in [4.69, 9.17) is 14.5 Å². The molecule has 2 N–H and O–H groups in total. The Bertz CT molecular complexity index is 1410. The number of ether oxygens (including phenoxy) is 2. The maximum Gasteiger partial charge on any atom is 0.257 e. The Hall–Kier alpha value is -3.52. The minimum Gasteiger partial charge on any atom is -0.493 e. The third-order valence-electron chi connectivity index (χ3n) is 6.66. The van der Waals surface area contributed by atoms with Gasteiger partial charge in [-0.05, 0) is 35.1 Å². The first-order valence-corrected chi connectivity index (χ1v) is 12.8. The molecule has 2 heterocycles. The van der Waals surface area contributed by atoms with Crippen LogP contribution < -0.4 is 20.3 Å². The molecule has 0 unspecified atom stereocenters. The van der Waals surface area contributed by atoms with Crippen molar-refractivity contribution in [3.8, 4) is 11.5 Å². The second kappa shape index (κ2) is 9.50. The Kier molecular flexibility index (Phi) is 6.38. The molecule has 0 radical (unpaired) electrons. The van der Waals surface area contributed by atoms with Crippen molar-refractivity contribution in [2.24, 2.45) is 5.41 Å². The summed E-state index contributed by atoms with van der Waals surface area (Å²) in [7, 11) is 3.15. The number of carbonyl (C=O) groups is 1. The van der Waals surface area contributed by atoms with Crippen molar-refractivity contribution in [3.63, 3.8) is 0 Å². The molecule has 5 rings (SSSR count). The fraction of sp³-hybridized carbons (Fsp3) is 0.321. The summed E-state index contributed by atoms with van der Waals surface area (Å²) >= 11 is 1.47. The lowest BCUT2D eigenvalue weighted by Crippen LogP contribution is -2.37. The molecule has 7 nitrogen and oxygen atoms in total. The van der Waals surface area contributed by atoms with Crippen LogP contribution in [0.15, 0.2) is 69.8 Å². The maximum absolute atomic E-state index is 13.5. The molecular formula is C28H29N3O4S. The highest BCUT2D eigenvalue weighted by atomic mass is 32.2. The zero-order chi connectivity index (χ0) is 25.4. The van der Waals surface area contributed by atoms with Gasteiger partial charge in [-0.25, -0.2) is 4.98 Å². The number of hydrogen-bond donors (Lipinski definition) is 2. The monoisotopic (exact) mass is 503 g/mol. The van der Waals surface area contributed by atoms with Gasteiger partial charge in [-0.3, -0.25) is 9.59 Å². The molecule has 3 aromatic rings. The number of carbonyl (C=O) groups excluding carboxylic acids is 1. The lowest BCUT2D eigenvalue weighted by atomic mass is 9.69. The summed E-state index contributed by atoms with van der Waals surface area (Å²) in [6, 6.07) is 15.6. The summed E-state index contributed by atoms with van der Waals surface area (Å²) in [6.45, 7) is 4.17. The number of Topliss-reactive ketones (excluding diaryl/α,β-unsaturated/α-hetero) is 1. The van der Waals surface area contributed by atoms with Gasteiger partial charge in [0.05, 0.1) is 19.8 Å². The van der Waals surface area contributed by atoms with E-state index < -0.39 is 5.92 Å². The van der Waals surface area contributed by atoms with Gasteiger partial charge in [0.1, 0.15) is 5.82 Å². The molecule has 0 saturated heterocycles. The fourth-order valence-electron chi connectivity index (χ4n) is 5.05. The van der Waals surface area contributed by atoms with Crippen LogP contribution in [0, 0.1) is 5.41 Å². The first-order chi connectivity index (χ1) is 17.3. The molecule has 1 aliphatic heterocycles. The van der Waals surface area contributed by atoms with Crippen LogP contribution in [-0.2, 0) is 10.5 Å². The zero-order valence-electron chi connectivity index (χ0n) is 20.8. The van der Waals surface area contributed by atoms with Crippen molar-refractivity contribution in [1.82, 2.24) is 9.97 Å². The number of nitrogens with one attached hydrogen (secondary N) is 2. The highest BCUT2D eigenvalue weighted by Crippen LogP contribution is 2.48. The fourth-order valence-corrected chi connectivity index (χ4v) is 5.87. The molecule has 186 valence electrons. The largest absolute Gasteiger partial charge is 0.493 e. The Morgan fingerprint density at radius 3 is 2.50 bits per heavy atom. The number of methoxy groups -OCH3 is 2. The number of hydrogen-bond acceptors (Lipinski definition) is 7. The minimum absolute atomic E-state index is 0.0427. The lowest BCUT2D eigenvalue weighted by molar-refractivity contribution is -0.118. The quantitative estimate of drug-likeness (QED) is 0.349. The van der Waals surface area contributed by atoms with E-state index in [1.165, 1.54) is 11.8 Å². The van der Waals surface area contributed by atoms with Crippen molar-refractivity contribution in [2.75, 3.05) is 19.5 Å². The summed E-state index contributed by atoms with van der Waals surface area (Å²) in [5, 5.41) is 3.91. The highest BCUT2D eigenvalue weighted by Gasteiger charge is 2.42. The molecule has 0 spiro atoms. The van der Waals surface area contributed by atoms with Gasteiger partial charge in [0.25, 0.3) is 5.56 Å². The number of anilines is 1. The molecule has 1 atom stereocenters. The maximum atomic E-state index is 13.5. The van der Waals surface area contributed by atoms with Crippen molar-refractivity contribution in [3.05, 3.63) is 86.8 Å². The Labute approximate surface area is 214 Å². The molecule has 0 saturated carbocycles. The predicted octanol–water partition coefficient (Wildman–Crippen LogP) is 5.28. The van der Waals surface area contributed by atoms with E-state index in [0.29, 0.717) is 52.2 Å². The lowest BCUT2D eigenvalue weighted by Gasteiger charge is -2.38. The van der Waals surface area contributed by atoms with Crippen LogP contribution in [-0.4, -0.2) is 30.0 Å². The first kappa shape index (κ1) is 24.2. The SMILES string of the molecule is COc1ccc([C@@H]2C3=C(CC(C)(C)CC3=O)Nc3nc(SCc4ccccc4)[nH]c(=O)c32)cc1OC. The van der Waals surface area contributed by atoms with Gasteiger partial charge in [-0.15, -0.1) is 0 Å². The molecule has 2 aromatic carbocycles. The standard InChI is InChI=1S/C28H29N3O4S/c1-28(2)13-18-23(19(32)14-28)22(17-10-11-20(34-3)21(12-17)35-4)24-25(29-18)30-27(31-26(24)33)36-15-16-8-6-5-7-9-16/h5-12,22H,13-15H2,1-4H3,(H2,29,30,31,33)/t22-/m1/s1. The number of fused-ring (bicyclic) bond motifs is 1. The van der Waals surface area contributed by atoms with Crippen molar-refractivity contribution >= 4 is 23.4 Å². The van der Waals surface area contributed by atoms with Crippen molar-refractivity contribution < 1.29 is 14.3 Å². The number of H-pyrrole nitrogens is 1. The van der Waals surface area contributed by atoms with E-state index in [1.807, 2.05) is 42.5 Å². The summed E-state index contributed by atoms with van der Waals surface area (Å²) in [5.74, 6) is 1.80. The van der Waals surface area contributed by atoms with Crippen LogP contribution >= 0.6 is 11.8 Å². The third kappa shape index (κ3) is 4.53. The predicted molar refractivity (Wildman–Crippen MR) is 141 cm³/mol. The molecule has 0 bridgehead atoms. The number of ketones is 1. The van der Waals surface area contributed by atoms with Gasteiger partial charge >= 0.3 is 0 Å². The molecule has 1 aromatic heterocycles. The minimum atomic E-state index is -0.552. The van der Waals surface area contributed by atoms with E-state index in [1.54, 1.807) is 20.3 Å². The molecule has 8 heteroatoms. The Morgan fingerprint density at radius 2 is 1.78 bits per heavy atom. The number of nitrogens with zero attached hydrogens (tertiary/aromatic N) is 1. The molecule has 1 aliphatic carbocycles. The van der Waals surface area contributed by atoms with E-state index >= 15 is 0 Å². The second-order valence-corrected chi connectivity index (χ2v) is 10.9. The Balaban J connectivity index is 1.62. The average Bonchev–Trinajstić information content (AvgIpc) is 2.85. The molecular weight excluding hydrogens is 474 g/mol. The van der Waals surface area contributed by atoms with E-state index in [2.05, 4.69) is 24.1 Å². The van der Waals surface area contributed by atoms with Crippen LogP contribution in [0.3, 0.4) is 0 Å². The van der Waals surface area contributed by atoms with Gasteiger partial charge in [-0.2, -0.15) is 0 Å². The number of thioether (sulfide) groups is 1. The van der Waals surface area contributed by atoms with Crippen LogP contribution in [0.25, 0.3) is 0 Å². The number of aromatic nitrogens is 2. The Morgan fingerprint density at radius 1 is 1.03 bits per heavy atom. The van der Waals surface area contributed by atoms with Crippen LogP contribution in [0.5, 0.6) is 11.5 Å². The number of rotatable bonds is 6. The van der Waals surface area contributed by atoms with Gasteiger partial charge in [0, 0.05) is 29.4 Å². The van der Waals surface area contributed by atoms with Gasteiger partial charge in [0.2, 0.25) is 0 Å². The van der Waals surface area contributed by atoms with Gasteiger partial charge < -0.3 is 19.8 Å². The molecule has 0 amide bonds. The van der Waals surface area contributed by atoms with E-state index in [9.17, 15) is 9.59 Å². The van der Waals surface area contributed by atoms with Crippen LogP contribution in [0.1, 0.15) is 49.3 Å². The van der Waals surface area contributed by atoms with Gasteiger partial charge in [0.15, 0.2) is 22.4 Å². The number of benzene rings is 2. The summed E-state index contributed by atoms with van der Waals surface area (Å²) in [5.41, 5.74) is 3.39. The first-order valence-electron chi connectivity index (χ1n) is 11.9. The average molecular weight is 504 g/mol. The second-order valence-electron chi connectivity index (χ2n) is 9.91. The zero-order valence-corrected chi connectivity index (χ0v) is 21.6. The van der Waals surface area contributed by atoms with Crippen LogP contribution in [0.4, 0.5) is 5.82 Å². The normalized spacial score (nSPS) is 18.2. The van der Waals surface area contributed by atoms with Gasteiger partial charge in [-0.1, -0.05) is 62.0 Å².